The Hall–Kier alpha value is -1.69. The van der Waals surface area contributed by atoms with Crippen LogP contribution in [0.1, 0.15) is 12.0 Å². The number of halogens is 2. The molecule has 0 radical (unpaired) electrons. The Morgan fingerprint density at radius 3 is 2.85 bits per heavy atom. The average molecular weight is 341 g/mol. The molecule has 1 aromatic rings. The molecule has 1 heterocycles. The van der Waals surface area contributed by atoms with Crippen molar-refractivity contribution in [3.8, 4) is 0 Å². The third-order valence-electron chi connectivity index (χ3n) is 3.27. The predicted molar refractivity (Wildman–Crippen MR) is 77.0 cm³/mol. The van der Waals surface area contributed by atoms with E-state index in [1.165, 1.54) is 18.2 Å². The number of nitrogens with two attached hydrogens (primary N) is 1. The number of carbonyl (C=O) groups is 2. The fraction of sp³-hybridized carbons (Fsp3) is 0.286. The third kappa shape index (κ3) is 3.45. The Labute approximate surface area is 124 Å². The molecule has 20 heavy (non-hydrogen) atoms. The molecule has 0 saturated carbocycles. The Kier molecular flexibility index (Phi) is 4.54. The van der Waals surface area contributed by atoms with Crippen LogP contribution >= 0.6 is 15.9 Å². The molecule has 106 valence electrons. The van der Waals surface area contributed by atoms with E-state index in [-0.39, 0.29) is 17.7 Å². The molecule has 1 aliphatic heterocycles. The summed E-state index contributed by atoms with van der Waals surface area (Å²) in [6.45, 7) is 0.831. The van der Waals surface area contributed by atoms with Gasteiger partial charge in [-0.1, -0.05) is 15.9 Å². The molecule has 6 heteroatoms. The van der Waals surface area contributed by atoms with Crippen LogP contribution in [0.2, 0.25) is 0 Å². The molecule has 2 N–H and O–H groups in total. The van der Waals surface area contributed by atoms with Gasteiger partial charge in [-0.25, -0.2) is 4.39 Å². The Morgan fingerprint density at radius 1 is 1.45 bits per heavy atom. The number of carbonyl (C=O) groups excluding carboxylic acids is 2. The maximum Gasteiger partial charge on any atom is 0.246 e. The first-order valence-corrected chi connectivity index (χ1v) is 6.98. The molecule has 1 atom stereocenters. The topological polar surface area (TPSA) is 63.4 Å². The minimum absolute atomic E-state index is 0.242. The van der Waals surface area contributed by atoms with Crippen LogP contribution in [-0.2, 0) is 9.59 Å². The van der Waals surface area contributed by atoms with E-state index in [4.69, 9.17) is 5.73 Å². The minimum Gasteiger partial charge on any atom is -0.369 e. The number of hydrogen-bond donors (Lipinski definition) is 1. The van der Waals surface area contributed by atoms with Gasteiger partial charge in [-0.05, 0) is 30.7 Å². The van der Waals surface area contributed by atoms with Crippen molar-refractivity contribution >= 4 is 33.8 Å². The molecule has 1 aliphatic rings. The lowest BCUT2D eigenvalue weighted by molar-refractivity contribution is -0.125. The molecule has 0 unspecified atom stereocenters. The Bertz CT molecular complexity index is 574. The van der Waals surface area contributed by atoms with E-state index >= 15 is 0 Å². The fourth-order valence-electron chi connectivity index (χ4n) is 2.10. The first kappa shape index (κ1) is 14.7. The summed E-state index contributed by atoms with van der Waals surface area (Å²) in [4.78, 5) is 24.5. The highest BCUT2D eigenvalue weighted by atomic mass is 79.9. The summed E-state index contributed by atoms with van der Waals surface area (Å²) in [5.74, 6) is -1.31. The minimum atomic E-state index is -0.395. The molecule has 2 amide bonds. The number of amides is 2. The van der Waals surface area contributed by atoms with Gasteiger partial charge < -0.3 is 10.6 Å². The second-order valence-corrected chi connectivity index (χ2v) is 5.59. The average Bonchev–Trinajstić information content (AvgIpc) is 2.89. The second-order valence-electron chi connectivity index (χ2n) is 4.67. The monoisotopic (exact) mass is 340 g/mol. The van der Waals surface area contributed by atoms with Gasteiger partial charge in [0.15, 0.2) is 0 Å². The number of benzene rings is 1. The lowest BCUT2D eigenvalue weighted by Crippen LogP contribution is -2.30. The molecule has 1 fully saturated rings. The fourth-order valence-corrected chi connectivity index (χ4v) is 2.48. The van der Waals surface area contributed by atoms with Gasteiger partial charge in [-0.2, -0.15) is 0 Å². The highest BCUT2D eigenvalue weighted by Crippen LogP contribution is 2.18. The van der Waals surface area contributed by atoms with Crippen molar-refractivity contribution in [1.29, 1.82) is 0 Å². The molecule has 0 aromatic heterocycles. The van der Waals surface area contributed by atoms with Gasteiger partial charge in [0.1, 0.15) is 5.82 Å². The Morgan fingerprint density at radius 2 is 2.20 bits per heavy atom. The summed E-state index contributed by atoms with van der Waals surface area (Å²) >= 11 is 3.25. The van der Waals surface area contributed by atoms with Crippen molar-refractivity contribution in [2.24, 2.45) is 11.7 Å². The molecule has 0 spiro atoms. The second kappa shape index (κ2) is 6.17. The summed E-state index contributed by atoms with van der Waals surface area (Å²) < 4.78 is 14.2. The van der Waals surface area contributed by atoms with Crippen LogP contribution in [0.4, 0.5) is 4.39 Å². The maximum atomic E-state index is 13.5. The zero-order chi connectivity index (χ0) is 14.7. The van der Waals surface area contributed by atoms with Crippen LogP contribution in [0, 0.1) is 11.7 Å². The quantitative estimate of drug-likeness (QED) is 0.854. The number of primary amides is 1. The van der Waals surface area contributed by atoms with Gasteiger partial charge >= 0.3 is 0 Å². The van der Waals surface area contributed by atoms with E-state index in [0.717, 1.165) is 4.47 Å². The first-order chi connectivity index (χ1) is 9.47. The van der Waals surface area contributed by atoms with Crippen molar-refractivity contribution in [3.05, 3.63) is 40.1 Å². The normalized spacial score (nSPS) is 18.7. The molecular formula is C14H14BrFN2O2. The highest BCUT2D eigenvalue weighted by Gasteiger charge is 2.28. The zero-order valence-electron chi connectivity index (χ0n) is 10.7. The molecule has 1 aromatic carbocycles. The van der Waals surface area contributed by atoms with E-state index < -0.39 is 5.82 Å². The highest BCUT2D eigenvalue weighted by molar-refractivity contribution is 9.10. The van der Waals surface area contributed by atoms with Crippen LogP contribution in [0.25, 0.3) is 6.08 Å². The van der Waals surface area contributed by atoms with Crippen molar-refractivity contribution in [2.45, 2.75) is 6.42 Å². The van der Waals surface area contributed by atoms with Crippen molar-refractivity contribution in [2.75, 3.05) is 13.1 Å². The van der Waals surface area contributed by atoms with Gasteiger partial charge in [0.25, 0.3) is 0 Å². The van der Waals surface area contributed by atoms with E-state index in [0.29, 0.717) is 25.1 Å². The Balaban J connectivity index is 2.03. The molecule has 2 rings (SSSR count). The van der Waals surface area contributed by atoms with E-state index in [1.54, 1.807) is 17.0 Å². The molecule has 0 aliphatic carbocycles. The largest absolute Gasteiger partial charge is 0.369 e. The van der Waals surface area contributed by atoms with Crippen molar-refractivity contribution < 1.29 is 14.0 Å². The zero-order valence-corrected chi connectivity index (χ0v) is 12.3. The lowest BCUT2D eigenvalue weighted by atomic mass is 10.1. The van der Waals surface area contributed by atoms with Crippen LogP contribution in [0.3, 0.4) is 0 Å². The van der Waals surface area contributed by atoms with Gasteiger partial charge in [-0.3, -0.25) is 9.59 Å². The van der Waals surface area contributed by atoms with Crippen LogP contribution in [0.15, 0.2) is 28.7 Å². The molecule has 4 nitrogen and oxygen atoms in total. The van der Waals surface area contributed by atoms with Crippen molar-refractivity contribution in [3.63, 3.8) is 0 Å². The number of nitrogens with zero attached hydrogens (tertiary/aromatic N) is 1. The standard InChI is InChI=1S/C14H14BrFN2O2/c15-11-2-3-12(16)9(7-11)1-4-13(19)18-6-5-10(8-18)14(17)20/h1-4,7,10H,5-6,8H2,(H2,17,20)/b4-1+/t10-/m1/s1. The van der Waals surface area contributed by atoms with E-state index in [9.17, 15) is 14.0 Å². The predicted octanol–water partition coefficient (Wildman–Crippen LogP) is 1.94. The van der Waals surface area contributed by atoms with Gasteiger partial charge in [-0.15, -0.1) is 0 Å². The summed E-state index contributed by atoms with van der Waals surface area (Å²) in [5.41, 5.74) is 5.54. The van der Waals surface area contributed by atoms with E-state index in [1.807, 2.05) is 0 Å². The molecular weight excluding hydrogens is 327 g/mol. The van der Waals surface area contributed by atoms with E-state index in [2.05, 4.69) is 15.9 Å². The van der Waals surface area contributed by atoms with Crippen molar-refractivity contribution in [1.82, 2.24) is 4.90 Å². The smallest absolute Gasteiger partial charge is 0.246 e. The van der Waals surface area contributed by atoms with Gasteiger partial charge in [0.2, 0.25) is 11.8 Å². The third-order valence-corrected chi connectivity index (χ3v) is 3.76. The van der Waals surface area contributed by atoms with Crippen LogP contribution in [-0.4, -0.2) is 29.8 Å². The maximum absolute atomic E-state index is 13.5. The van der Waals surface area contributed by atoms with Gasteiger partial charge in [0, 0.05) is 29.2 Å². The molecule has 1 saturated heterocycles. The van der Waals surface area contributed by atoms with Crippen LogP contribution < -0.4 is 5.73 Å². The summed E-state index contributed by atoms with van der Waals surface area (Å²) in [6, 6.07) is 4.51. The first-order valence-electron chi connectivity index (χ1n) is 6.18. The number of likely N-dealkylation sites (tertiary alicyclic amines) is 1. The lowest BCUT2D eigenvalue weighted by Gasteiger charge is -2.13. The summed E-state index contributed by atoms with van der Waals surface area (Å²) in [6.07, 6.45) is 3.33. The summed E-state index contributed by atoms with van der Waals surface area (Å²) in [7, 11) is 0. The summed E-state index contributed by atoms with van der Waals surface area (Å²) in [5, 5.41) is 0. The van der Waals surface area contributed by atoms with Crippen LogP contribution in [0.5, 0.6) is 0 Å². The number of rotatable bonds is 3. The SMILES string of the molecule is NC(=O)[C@@H]1CCN(C(=O)/C=C/c2cc(Br)ccc2F)C1. The van der Waals surface area contributed by atoms with Gasteiger partial charge in [0.05, 0.1) is 5.92 Å². The number of hydrogen-bond acceptors (Lipinski definition) is 2. The molecule has 0 bridgehead atoms.